The third kappa shape index (κ3) is 7.55. The summed E-state index contributed by atoms with van der Waals surface area (Å²) in [5, 5.41) is 6.76. The average Bonchev–Trinajstić information content (AvgIpc) is 3.03. The van der Waals surface area contributed by atoms with Gasteiger partial charge in [-0.05, 0) is 50.3 Å². The molecule has 0 aromatic carbocycles. The summed E-state index contributed by atoms with van der Waals surface area (Å²) in [6, 6.07) is 3.34. The van der Waals surface area contributed by atoms with E-state index in [0.29, 0.717) is 5.82 Å². The third-order valence-electron chi connectivity index (χ3n) is 3.94. The Morgan fingerprint density at radius 3 is 3.04 bits per heavy atom. The minimum absolute atomic E-state index is 0. The van der Waals surface area contributed by atoms with Gasteiger partial charge in [0.25, 0.3) is 0 Å². The van der Waals surface area contributed by atoms with Crippen molar-refractivity contribution >= 4 is 47.5 Å². The lowest BCUT2D eigenvalue weighted by atomic mass is 10.3. The van der Waals surface area contributed by atoms with E-state index < -0.39 is 0 Å². The minimum atomic E-state index is -0.257. The van der Waals surface area contributed by atoms with Gasteiger partial charge in [0, 0.05) is 38.4 Å². The molecule has 1 aromatic heterocycles. The summed E-state index contributed by atoms with van der Waals surface area (Å²) >= 11 is 1.87. The van der Waals surface area contributed by atoms with Crippen LogP contribution in [0.2, 0.25) is 0 Å². The Bertz CT molecular complexity index is 532. The number of halogens is 2. The molecule has 1 aliphatic heterocycles. The fourth-order valence-corrected chi connectivity index (χ4v) is 3.24. The number of unbranched alkanes of at least 4 members (excludes halogenated alkanes) is 1. The molecule has 1 unspecified atom stereocenters. The molecule has 0 radical (unpaired) electrons. The number of aromatic nitrogens is 1. The van der Waals surface area contributed by atoms with Gasteiger partial charge in [0.1, 0.15) is 0 Å². The number of anilines is 1. The van der Waals surface area contributed by atoms with Crippen LogP contribution in [0.5, 0.6) is 0 Å². The largest absolute Gasteiger partial charge is 0.357 e. The second-order valence-electron chi connectivity index (χ2n) is 5.85. The van der Waals surface area contributed by atoms with Gasteiger partial charge in [-0.1, -0.05) is 0 Å². The maximum atomic E-state index is 13.9. The molecule has 2 N–H and O–H groups in total. The predicted molar refractivity (Wildman–Crippen MR) is 117 cm³/mol. The summed E-state index contributed by atoms with van der Waals surface area (Å²) in [6.45, 7) is 5.28. The van der Waals surface area contributed by atoms with Crippen LogP contribution < -0.4 is 15.5 Å². The van der Waals surface area contributed by atoms with E-state index in [-0.39, 0.29) is 35.8 Å². The topological polar surface area (TPSA) is 52.6 Å². The molecule has 0 spiro atoms. The molecule has 2 rings (SSSR count). The Morgan fingerprint density at radius 1 is 1.48 bits per heavy atom. The second kappa shape index (κ2) is 12.6. The van der Waals surface area contributed by atoms with Crippen molar-refractivity contribution in [3.05, 3.63) is 24.1 Å². The van der Waals surface area contributed by atoms with E-state index in [4.69, 9.17) is 0 Å². The van der Waals surface area contributed by atoms with Crippen LogP contribution in [0.25, 0.3) is 0 Å². The van der Waals surface area contributed by atoms with Crippen LogP contribution in [-0.4, -0.2) is 55.2 Å². The van der Waals surface area contributed by atoms with Gasteiger partial charge in [0.15, 0.2) is 17.6 Å². The van der Waals surface area contributed by atoms with Crippen molar-refractivity contribution in [1.82, 2.24) is 15.6 Å². The number of nitrogens with zero attached hydrogens (tertiary/aromatic N) is 3. The minimum Gasteiger partial charge on any atom is -0.357 e. The van der Waals surface area contributed by atoms with E-state index in [1.807, 2.05) is 16.7 Å². The van der Waals surface area contributed by atoms with Crippen LogP contribution >= 0.6 is 35.7 Å². The highest BCUT2D eigenvalue weighted by molar-refractivity contribution is 14.0. The summed E-state index contributed by atoms with van der Waals surface area (Å²) in [4.78, 5) is 10.8. The molecule has 142 valence electrons. The van der Waals surface area contributed by atoms with Gasteiger partial charge in [0.05, 0.1) is 0 Å². The molecule has 1 aromatic rings. The Kier molecular flexibility index (Phi) is 11.2. The Morgan fingerprint density at radius 2 is 2.32 bits per heavy atom. The molecule has 1 atom stereocenters. The molecule has 0 saturated carbocycles. The highest BCUT2D eigenvalue weighted by atomic mass is 127. The number of thioether (sulfide) groups is 1. The van der Waals surface area contributed by atoms with E-state index in [1.165, 1.54) is 18.2 Å². The molecule has 0 amide bonds. The van der Waals surface area contributed by atoms with Crippen LogP contribution in [0.4, 0.5) is 10.2 Å². The van der Waals surface area contributed by atoms with Gasteiger partial charge >= 0.3 is 0 Å². The van der Waals surface area contributed by atoms with Crippen LogP contribution in [0.3, 0.4) is 0 Å². The fourth-order valence-electron chi connectivity index (χ4n) is 2.74. The molecule has 0 aliphatic carbocycles. The molecular weight excluding hydrogens is 452 g/mol. The summed E-state index contributed by atoms with van der Waals surface area (Å²) in [7, 11) is 0. The zero-order chi connectivity index (χ0) is 17.2. The van der Waals surface area contributed by atoms with Crippen molar-refractivity contribution in [2.75, 3.05) is 43.1 Å². The normalized spacial score (nSPS) is 17.3. The van der Waals surface area contributed by atoms with Gasteiger partial charge in [-0.15, -0.1) is 24.0 Å². The van der Waals surface area contributed by atoms with Crippen molar-refractivity contribution in [2.24, 2.45) is 4.99 Å². The third-order valence-corrected chi connectivity index (χ3v) is 4.64. The zero-order valence-electron chi connectivity index (χ0n) is 15.0. The molecule has 1 fully saturated rings. The maximum absolute atomic E-state index is 13.9. The highest BCUT2D eigenvalue weighted by Crippen LogP contribution is 2.20. The lowest BCUT2D eigenvalue weighted by Crippen LogP contribution is -2.44. The lowest BCUT2D eigenvalue weighted by molar-refractivity contribution is 0.612. The van der Waals surface area contributed by atoms with Gasteiger partial charge in [-0.2, -0.15) is 11.8 Å². The summed E-state index contributed by atoms with van der Waals surface area (Å²) in [5.74, 6) is 2.23. The number of pyridine rings is 1. The number of hydrogen-bond donors (Lipinski definition) is 2. The van der Waals surface area contributed by atoms with Crippen LogP contribution in [0.1, 0.15) is 26.2 Å². The Labute approximate surface area is 171 Å². The first-order chi connectivity index (χ1) is 11.7. The number of hydrogen-bond acceptors (Lipinski definition) is 4. The van der Waals surface area contributed by atoms with E-state index in [9.17, 15) is 4.39 Å². The van der Waals surface area contributed by atoms with Crippen LogP contribution in [0.15, 0.2) is 23.3 Å². The first-order valence-electron chi connectivity index (χ1n) is 8.63. The molecule has 25 heavy (non-hydrogen) atoms. The Balaban J connectivity index is 0.00000312. The smallest absolute Gasteiger partial charge is 0.191 e. The summed E-state index contributed by atoms with van der Waals surface area (Å²) in [5.41, 5.74) is 0. The lowest BCUT2D eigenvalue weighted by Gasteiger charge is -2.19. The molecule has 5 nitrogen and oxygen atoms in total. The highest BCUT2D eigenvalue weighted by Gasteiger charge is 2.25. The maximum Gasteiger partial charge on any atom is 0.191 e. The summed E-state index contributed by atoms with van der Waals surface area (Å²) in [6.07, 6.45) is 7.02. The number of rotatable bonds is 8. The predicted octanol–water partition coefficient (Wildman–Crippen LogP) is 3.12. The van der Waals surface area contributed by atoms with Crippen molar-refractivity contribution in [3.8, 4) is 0 Å². The van der Waals surface area contributed by atoms with E-state index in [2.05, 4.69) is 33.8 Å². The fraction of sp³-hybridized carbons (Fsp3) is 0.647. The number of guanidine groups is 1. The zero-order valence-corrected chi connectivity index (χ0v) is 18.1. The molecular formula is C17H29FIN5S. The Hall–Kier alpha value is -0.770. The van der Waals surface area contributed by atoms with Crippen LogP contribution in [-0.2, 0) is 0 Å². The standard InChI is InChI=1S/C17H28FN5S.HI/c1-3-19-17(21-9-4-5-12-24-2)22-14-8-11-23(13-14)16-15(18)7-6-10-20-16;/h6-7,10,14H,3-5,8-9,11-13H2,1-2H3,(H2,19,21,22);1H. The molecule has 8 heteroatoms. The second-order valence-corrected chi connectivity index (χ2v) is 6.83. The number of nitrogens with one attached hydrogen (secondary N) is 2. The summed E-state index contributed by atoms with van der Waals surface area (Å²) < 4.78 is 13.9. The van der Waals surface area contributed by atoms with E-state index >= 15 is 0 Å². The first kappa shape index (κ1) is 22.3. The van der Waals surface area contributed by atoms with Gasteiger partial charge in [-0.3, -0.25) is 4.99 Å². The van der Waals surface area contributed by atoms with Crippen molar-refractivity contribution in [2.45, 2.75) is 32.2 Å². The van der Waals surface area contributed by atoms with Gasteiger partial charge < -0.3 is 15.5 Å². The van der Waals surface area contributed by atoms with E-state index in [1.54, 1.807) is 12.3 Å². The van der Waals surface area contributed by atoms with Crippen molar-refractivity contribution < 1.29 is 4.39 Å². The monoisotopic (exact) mass is 481 g/mol. The molecule has 1 saturated heterocycles. The SMILES string of the molecule is CCNC(=NCCCCSC)NC1CCN(c2ncccc2F)C1.I. The van der Waals surface area contributed by atoms with Crippen molar-refractivity contribution in [1.29, 1.82) is 0 Å². The first-order valence-corrected chi connectivity index (χ1v) is 10.0. The average molecular weight is 481 g/mol. The van der Waals surface area contributed by atoms with E-state index in [0.717, 1.165) is 45.0 Å². The van der Waals surface area contributed by atoms with Crippen LogP contribution in [0, 0.1) is 5.82 Å². The molecule has 1 aliphatic rings. The van der Waals surface area contributed by atoms with Gasteiger partial charge in [-0.25, -0.2) is 9.37 Å². The quantitative estimate of drug-likeness (QED) is 0.259. The number of aliphatic imine (C=N–C) groups is 1. The molecule has 2 heterocycles. The molecule has 0 bridgehead atoms. The van der Waals surface area contributed by atoms with Crippen molar-refractivity contribution in [3.63, 3.8) is 0 Å². The van der Waals surface area contributed by atoms with Gasteiger partial charge in [0.2, 0.25) is 0 Å².